The van der Waals surface area contributed by atoms with Crippen LogP contribution in [0.15, 0.2) is 71.5 Å². The summed E-state index contributed by atoms with van der Waals surface area (Å²) in [7, 11) is 0. The Kier molecular flexibility index (Phi) is 4.04. The van der Waals surface area contributed by atoms with Gasteiger partial charge in [0.2, 0.25) is 0 Å². The average molecular weight is 357 g/mol. The number of rotatable bonds is 3. The molecule has 0 atom stereocenters. The van der Waals surface area contributed by atoms with Crippen LogP contribution >= 0.6 is 11.3 Å². The molecule has 0 amide bonds. The van der Waals surface area contributed by atoms with E-state index < -0.39 is 0 Å². The molecule has 0 aliphatic carbocycles. The molecule has 4 aromatic rings. The second-order valence-corrected chi connectivity index (χ2v) is 6.97. The van der Waals surface area contributed by atoms with Crippen molar-refractivity contribution in [1.29, 1.82) is 5.26 Å². The minimum atomic E-state index is -0.114. The number of fused-ring (bicyclic) bond motifs is 1. The van der Waals surface area contributed by atoms with E-state index in [1.54, 1.807) is 16.7 Å². The highest BCUT2D eigenvalue weighted by molar-refractivity contribution is 7.20. The molecular weight excluding hydrogens is 342 g/mol. The van der Waals surface area contributed by atoms with E-state index in [1.807, 2.05) is 61.5 Å². The van der Waals surface area contributed by atoms with Crippen molar-refractivity contribution >= 4 is 32.9 Å². The van der Waals surface area contributed by atoms with Gasteiger partial charge in [0.05, 0.1) is 11.4 Å². The van der Waals surface area contributed by atoms with Gasteiger partial charge in [-0.3, -0.25) is 9.36 Å². The van der Waals surface area contributed by atoms with E-state index in [0.717, 1.165) is 32.8 Å². The number of thiophene rings is 1. The highest BCUT2D eigenvalue weighted by atomic mass is 32.1. The number of para-hydroxylation sites is 1. The molecule has 2 aromatic heterocycles. The number of nitrogens with one attached hydrogen (secondary N) is 1. The maximum absolute atomic E-state index is 12.5. The average Bonchev–Trinajstić information content (AvgIpc) is 3.00. The number of aryl methyl sites for hydroxylation is 1. The van der Waals surface area contributed by atoms with Gasteiger partial charge < -0.3 is 5.32 Å². The van der Waals surface area contributed by atoms with Crippen LogP contribution in [-0.4, -0.2) is 4.57 Å². The fourth-order valence-corrected chi connectivity index (χ4v) is 4.04. The Balaban J connectivity index is 1.95. The first-order valence-corrected chi connectivity index (χ1v) is 8.97. The van der Waals surface area contributed by atoms with E-state index in [-0.39, 0.29) is 5.56 Å². The number of nitriles is 1. The number of aromatic nitrogens is 1. The van der Waals surface area contributed by atoms with Crippen LogP contribution in [0.1, 0.15) is 10.4 Å². The Morgan fingerprint density at radius 3 is 2.58 bits per heavy atom. The molecule has 1 N–H and O–H groups in total. The normalized spacial score (nSPS) is 10.6. The molecule has 4 nitrogen and oxygen atoms in total. The van der Waals surface area contributed by atoms with Crippen LogP contribution in [-0.2, 0) is 0 Å². The van der Waals surface area contributed by atoms with Crippen molar-refractivity contribution in [1.82, 2.24) is 4.57 Å². The van der Waals surface area contributed by atoms with Crippen LogP contribution < -0.4 is 10.9 Å². The van der Waals surface area contributed by atoms with E-state index >= 15 is 0 Å². The van der Waals surface area contributed by atoms with Gasteiger partial charge in [-0.1, -0.05) is 30.3 Å². The van der Waals surface area contributed by atoms with Crippen LogP contribution in [0.5, 0.6) is 0 Å². The number of hydrogen-bond donors (Lipinski definition) is 1. The van der Waals surface area contributed by atoms with E-state index in [1.165, 1.54) is 11.3 Å². The summed E-state index contributed by atoms with van der Waals surface area (Å²) >= 11 is 1.32. The SMILES string of the molecule is Cc1cccc(Nc2c(C#N)sc3c2ccc(=O)n3-c2ccccc2)c1. The summed E-state index contributed by atoms with van der Waals surface area (Å²) < 4.78 is 1.66. The molecule has 0 unspecified atom stereocenters. The summed E-state index contributed by atoms with van der Waals surface area (Å²) in [6.45, 7) is 2.02. The van der Waals surface area contributed by atoms with Crippen LogP contribution in [0.3, 0.4) is 0 Å². The zero-order valence-electron chi connectivity index (χ0n) is 14.1. The Morgan fingerprint density at radius 2 is 1.85 bits per heavy atom. The quantitative estimate of drug-likeness (QED) is 0.563. The van der Waals surface area contributed by atoms with Gasteiger partial charge in [-0.15, -0.1) is 11.3 Å². The smallest absolute Gasteiger partial charge is 0.256 e. The highest BCUT2D eigenvalue weighted by Crippen LogP contribution is 2.37. The molecule has 0 radical (unpaired) electrons. The Hall–Kier alpha value is -3.36. The van der Waals surface area contributed by atoms with Crippen LogP contribution in [0.4, 0.5) is 11.4 Å². The Bertz CT molecular complexity index is 1200. The van der Waals surface area contributed by atoms with Crippen molar-refractivity contribution in [3.63, 3.8) is 0 Å². The predicted octanol–water partition coefficient (Wildman–Crippen LogP) is 4.98. The molecule has 2 heterocycles. The predicted molar refractivity (Wildman–Crippen MR) is 107 cm³/mol. The molecule has 0 bridgehead atoms. The monoisotopic (exact) mass is 357 g/mol. The van der Waals surface area contributed by atoms with Crippen molar-refractivity contribution in [2.24, 2.45) is 0 Å². The number of pyridine rings is 1. The van der Waals surface area contributed by atoms with E-state index in [0.29, 0.717) is 4.88 Å². The minimum Gasteiger partial charge on any atom is -0.353 e. The first kappa shape index (κ1) is 16.1. The van der Waals surface area contributed by atoms with Crippen LogP contribution in [0.2, 0.25) is 0 Å². The summed E-state index contributed by atoms with van der Waals surface area (Å²) in [5.74, 6) is 0. The molecule has 0 aliphatic rings. The lowest BCUT2D eigenvalue weighted by Gasteiger charge is -2.09. The van der Waals surface area contributed by atoms with Gasteiger partial charge in [-0.2, -0.15) is 5.26 Å². The van der Waals surface area contributed by atoms with Crippen molar-refractivity contribution in [3.05, 3.63) is 87.5 Å². The summed E-state index contributed by atoms with van der Waals surface area (Å²) in [6.07, 6.45) is 0. The van der Waals surface area contributed by atoms with Crippen molar-refractivity contribution in [3.8, 4) is 11.8 Å². The Labute approximate surface area is 154 Å². The molecule has 0 fully saturated rings. The van der Waals surface area contributed by atoms with Crippen molar-refractivity contribution in [2.75, 3.05) is 5.32 Å². The van der Waals surface area contributed by atoms with Gasteiger partial charge in [0.15, 0.2) is 0 Å². The van der Waals surface area contributed by atoms with Crippen LogP contribution in [0, 0.1) is 18.3 Å². The fourth-order valence-electron chi connectivity index (χ4n) is 2.97. The van der Waals surface area contributed by atoms with Crippen LogP contribution in [0.25, 0.3) is 15.9 Å². The minimum absolute atomic E-state index is 0.114. The zero-order chi connectivity index (χ0) is 18.1. The van der Waals surface area contributed by atoms with Crippen molar-refractivity contribution < 1.29 is 0 Å². The lowest BCUT2D eigenvalue weighted by molar-refractivity contribution is 1.06. The standard InChI is InChI=1S/C21H15N3OS/c1-14-6-5-7-15(12-14)23-20-17-10-11-19(25)24(16-8-3-2-4-9-16)21(17)26-18(20)13-22/h2-12,23H,1H3. The lowest BCUT2D eigenvalue weighted by Crippen LogP contribution is -2.16. The molecular formula is C21H15N3OS. The largest absolute Gasteiger partial charge is 0.353 e. The first-order valence-electron chi connectivity index (χ1n) is 8.15. The number of benzene rings is 2. The molecule has 2 aromatic carbocycles. The molecule has 0 saturated carbocycles. The number of nitrogens with zero attached hydrogens (tertiary/aromatic N) is 2. The van der Waals surface area contributed by atoms with Gasteiger partial charge >= 0.3 is 0 Å². The third-order valence-corrected chi connectivity index (χ3v) is 5.24. The topological polar surface area (TPSA) is 57.8 Å². The third kappa shape index (κ3) is 2.77. The second kappa shape index (κ2) is 6.51. The van der Waals surface area contributed by atoms with Gasteiger partial charge in [0, 0.05) is 17.1 Å². The van der Waals surface area contributed by atoms with Gasteiger partial charge in [-0.25, -0.2) is 0 Å². The maximum Gasteiger partial charge on any atom is 0.256 e. The van der Waals surface area contributed by atoms with E-state index in [2.05, 4.69) is 11.4 Å². The lowest BCUT2D eigenvalue weighted by atomic mass is 10.2. The molecule has 5 heteroatoms. The van der Waals surface area contributed by atoms with Gasteiger partial charge in [0.25, 0.3) is 5.56 Å². The highest BCUT2D eigenvalue weighted by Gasteiger charge is 2.16. The maximum atomic E-state index is 12.5. The third-order valence-electron chi connectivity index (χ3n) is 4.14. The molecule has 4 rings (SSSR count). The molecule has 0 saturated heterocycles. The molecule has 26 heavy (non-hydrogen) atoms. The number of anilines is 2. The van der Waals surface area contributed by atoms with Gasteiger partial charge in [-0.05, 0) is 42.8 Å². The van der Waals surface area contributed by atoms with E-state index in [4.69, 9.17) is 0 Å². The zero-order valence-corrected chi connectivity index (χ0v) is 14.9. The summed E-state index contributed by atoms with van der Waals surface area (Å²) in [4.78, 5) is 13.8. The summed E-state index contributed by atoms with van der Waals surface area (Å²) in [6, 6.07) is 23.0. The summed E-state index contributed by atoms with van der Waals surface area (Å²) in [5, 5.41) is 13.8. The van der Waals surface area contributed by atoms with Crippen molar-refractivity contribution in [2.45, 2.75) is 6.92 Å². The summed E-state index contributed by atoms with van der Waals surface area (Å²) in [5.41, 5.74) is 3.46. The fraction of sp³-hybridized carbons (Fsp3) is 0.0476. The number of hydrogen-bond acceptors (Lipinski definition) is 4. The van der Waals surface area contributed by atoms with E-state index in [9.17, 15) is 10.1 Å². The van der Waals surface area contributed by atoms with Gasteiger partial charge in [0.1, 0.15) is 15.8 Å². The first-order chi connectivity index (χ1) is 12.7. The second-order valence-electron chi connectivity index (χ2n) is 5.97. The molecule has 126 valence electrons. The molecule has 0 aliphatic heterocycles. The Morgan fingerprint density at radius 1 is 1.04 bits per heavy atom. The molecule has 0 spiro atoms.